The molecule has 1 aliphatic carbocycles. The SMILES string of the molecule is Cc1nc([C@@H]2CN(C(=O)CC3CCCCC3)C[C@H]2NC(=O)C2CCOCC2)n[nH]1. The van der Waals surface area contributed by atoms with Gasteiger partial charge in [0.05, 0.1) is 12.0 Å². The van der Waals surface area contributed by atoms with Crippen LogP contribution in [0.15, 0.2) is 0 Å². The highest BCUT2D eigenvalue weighted by Crippen LogP contribution is 2.30. The van der Waals surface area contributed by atoms with Crippen molar-refractivity contribution in [3.63, 3.8) is 0 Å². The maximum absolute atomic E-state index is 13.0. The number of hydrogen-bond donors (Lipinski definition) is 2. The van der Waals surface area contributed by atoms with Gasteiger partial charge in [-0.1, -0.05) is 19.3 Å². The van der Waals surface area contributed by atoms with Crippen LogP contribution in [0.3, 0.4) is 0 Å². The highest BCUT2D eigenvalue weighted by atomic mass is 16.5. The van der Waals surface area contributed by atoms with E-state index in [4.69, 9.17) is 4.74 Å². The number of carbonyl (C=O) groups excluding carboxylic acids is 2. The van der Waals surface area contributed by atoms with Crippen molar-refractivity contribution in [1.82, 2.24) is 25.4 Å². The third-order valence-electron chi connectivity index (χ3n) is 6.73. The van der Waals surface area contributed by atoms with Crippen molar-refractivity contribution in [3.8, 4) is 0 Å². The molecule has 4 rings (SSSR count). The van der Waals surface area contributed by atoms with Gasteiger partial charge in [-0.2, -0.15) is 5.10 Å². The molecule has 0 bridgehead atoms. The Morgan fingerprint density at radius 1 is 1.14 bits per heavy atom. The Balaban J connectivity index is 1.42. The Hall–Kier alpha value is -1.96. The number of amides is 2. The summed E-state index contributed by atoms with van der Waals surface area (Å²) in [5.41, 5.74) is 0. The Morgan fingerprint density at radius 3 is 2.59 bits per heavy atom. The second-order valence-corrected chi connectivity index (χ2v) is 8.89. The molecule has 3 heterocycles. The zero-order chi connectivity index (χ0) is 20.2. The summed E-state index contributed by atoms with van der Waals surface area (Å²) in [5, 5.41) is 10.4. The highest BCUT2D eigenvalue weighted by molar-refractivity contribution is 5.80. The fraction of sp³-hybridized carbons (Fsp3) is 0.810. The van der Waals surface area contributed by atoms with E-state index in [9.17, 15) is 9.59 Å². The van der Waals surface area contributed by atoms with Crippen LogP contribution in [0.25, 0.3) is 0 Å². The summed E-state index contributed by atoms with van der Waals surface area (Å²) < 4.78 is 5.38. The van der Waals surface area contributed by atoms with E-state index in [0.717, 1.165) is 31.5 Å². The van der Waals surface area contributed by atoms with Gasteiger partial charge in [0.1, 0.15) is 5.82 Å². The lowest BCUT2D eigenvalue weighted by Gasteiger charge is -2.25. The molecule has 3 fully saturated rings. The fourth-order valence-corrected chi connectivity index (χ4v) is 4.97. The minimum Gasteiger partial charge on any atom is -0.381 e. The van der Waals surface area contributed by atoms with E-state index in [-0.39, 0.29) is 29.7 Å². The first kappa shape index (κ1) is 20.3. The van der Waals surface area contributed by atoms with E-state index in [1.807, 2.05) is 11.8 Å². The number of rotatable bonds is 5. The third kappa shape index (κ3) is 4.97. The Labute approximate surface area is 172 Å². The normalized spacial score (nSPS) is 26.6. The molecule has 8 heteroatoms. The van der Waals surface area contributed by atoms with Crippen molar-refractivity contribution < 1.29 is 14.3 Å². The van der Waals surface area contributed by atoms with Gasteiger partial charge in [0.15, 0.2) is 5.82 Å². The first-order valence-electron chi connectivity index (χ1n) is 11.1. The largest absolute Gasteiger partial charge is 0.381 e. The van der Waals surface area contributed by atoms with Crippen molar-refractivity contribution in [1.29, 1.82) is 0 Å². The number of carbonyl (C=O) groups is 2. The first-order valence-corrected chi connectivity index (χ1v) is 11.1. The van der Waals surface area contributed by atoms with Crippen molar-refractivity contribution in [2.75, 3.05) is 26.3 Å². The molecule has 2 N–H and O–H groups in total. The average molecular weight is 404 g/mol. The summed E-state index contributed by atoms with van der Waals surface area (Å²) in [4.78, 5) is 32.2. The zero-order valence-corrected chi connectivity index (χ0v) is 17.4. The van der Waals surface area contributed by atoms with E-state index in [2.05, 4.69) is 20.5 Å². The molecular weight excluding hydrogens is 370 g/mol. The summed E-state index contributed by atoms with van der Waals surface area (Å²) in [5.74, 6) is 2.14. The minimum absolute atomic E-state index is 0.00901. The zero-order valence-electron chi connectivity index (χ0n) is 17.4. The monoisotopic (exact) mass is 403 g/mol. The van der Waals surface area contributed by atoms with Crippen molar-refractivity contribution >= 4 is 11.8 Å². The van der Waals surface area contributed by atoms with Crippen LogP contribution < -0.4 is 5.32 Å². The van der Waals surface area contributed by atoms with E-state index < -0.39 is 0 Å². The van der Waals surface area contributed by atoms with E-state index in [1.165, 1.54) is 19.3 Å². The van der Waals surface area contributed by atoms with Crippen molar-refractivity contribution in [3.05, 3.63) is 11.6 Å². The van der Waals surface area contributed by atoms with Crippen molar-refractivity contribution in [2.45, 2.75) is 70.3 Å². The summed E-state index contributed by atoms with van der Waals surface area (Å²) >= 11 is 0. The van der Waals surface area contributed by atoms with Crippen LogP contribution in [0.1, 0.15) is 68.9 Å². The van der Waals surface area contributed by atoms with Gasteiger partial charge in [0.2, 0.25) is 11.8 Å². The fourth-order valence-electron chi connectivity index (χ4n) is 4.97. The number of H-pyrrole nitrogens is 1. The van der Waals surface area contributed by atoms with Crippen LogP contribution in [0.4, 0.5) is 0 Å². The molecule has 0 unspecified atom stereocenters. The van der Waals surface area contributed by atoms with Gasteiger partial charge in [-0.05, 0) is 38.5 Å². The maximum Gasteiger partial charge on any atom is 0.223 e. The second kappa shape index (κ2) is 9.24. The first-order chi connectivity index (χ1) is 14.1. The molecule has 0 spiro atoms. The van der Waals surface area contributed by atoms with Crippen molar-refractivity contribution in [2.24, 2.45) is 11.8 Å². The van der Waals surface area contributed by atoms with Gasteiger partial charge >= 0.3 is 0 Å². The molecule has 1 saturated carbocycles. The van der Waals surface area contributed by atoms with Gasteiger partial charge in [0, 0.05) is 38.6 Å². The lowest BCUT2D eigenvalue weighted by atomic mass is 9.87. The summed E-state index contributed by atoms with van der Waals surface area (Å²) in [6.07, 6.45) is 8.23. The second-order valence-electron chi connectivity index (χ2n) is 8.89. The number of nitrogens with zero attached hydrogens (tertiary/aromatic N) is 3. The Bertz CT molecular complexity index is 709. The molecular formula is C21H33N5O3. The number of nitrogens with one attached hydrogen (secondary N) is 2. The van der Waals surface area contributed by atoms with Crippen LogP contribution in [0.2, 0.25) is 0 Å². The van der Waals surface area contributed by atoms with Crippen LogP contribution in [0.5, 0.6) is 0 Å². The van der Waals surface area contributed by atoms with E-state index in [1.54, 1.807) is 0 Å². The molecule has 2 saturated heterocycles. The van der Waals surface area contributed by atoms with Gasteiger partial charge in [-0.25, -0.2) is 4.98 Å². The maximum atomic E-state index is 13.0. The number of aromatic amines is 1. The average Bonchev–Trinajstić information content (AvgIpc) is 3.35. The number of likely N-dealkylation sites (tertiary alicyclic amines) is 1. The van der Waals surface area contributed by atoms with E-state index in [0.29, 0.717) is 44.5 Å². The van der Waals surface area contributed by atoms with Crippen LogP contribution in [-0.2, 0) is 14.3 Å². The highest BCUT2D eigenvalue weighted by Gasteiger charge is 2.40. The Morgan fingerprint density at radius 2 is 1.90 bits per heavy atom. The number of aromatic nitrogens is 3. The van der Waals surface area contributed by atoms with Crippen LogP contribution in [-0.4, -0.2) is 64.2 Å². The molecule has 2 amide bonds. The predicted molar refractivity (Wildman–Crippen MR) is 107 cm³/mol. The predicted octanol–water partition coefficient (Wildman–Crippen LogP) is 1.92. The molecule has 0 radical (unpaired) electrons. The molecule has 0 aromatic carbocycles. The molecule has 8 nitrogen and oxygen atoms in total. The van der Waals surface area contributed by atoms with Gasteiger partial charge in [-0.3, -0.25) is 14.7 Å². The molecule has 1 aromatic heterocycles. The smallest absolute Gasteiger partial charge is 0.223 e. The molecule has 2 atom stereocenters. The van der Waals surface area contributed by atoms with Gasteiger partial charge in [0.25, 0.3) is 0 Å². The third-order valence-corrected chi connectivity index (χ3v) is 6.73. The van der Waals surface area contributed by atoms with Gasteiger partial charge in [-0.15, -0.1) is 0 Å². The van der Waals surface area contributed by atoms with Crippen LogP contribution in [0, 0.1) is 18.8 Å². The number of ether oxygens (including phenoxy) is 1. The molecule has 29 heavy (non-hydrogen) atoms. The topological polar surface area (TPSA) is 100 Å². The Kier molecular flexibility index (Phi) is 6.47. The van der Waals surface area contributed by atoms with Gasteiger partial charge < -0.3 is 15.0 Å². The standard InChI is InChI=1S/C21H33N5O3/c1-14-22-20(25-24-14)17-12-26(19(27)11-15-5-3-2-4-6-15)13-18(17)23-21(28)16-7-9-29-10-8-16/h15-18H,2-13H2,1H3,(H,23,28)(H,22,24,25)/t17-,18-/m1/s1. The lowest BCUT2D eigenvalue weighted by Crippen LogP contribution is -2.44. The molecule has 3 aliphatic rings. The summed E-state index contributed by atoms with van der Waals surface area (Å²) in [6, 6.07) is -0.143. The quantitative estimate of drug-likeness (QED) is 0.782. The van der Waals surface area contributed by atoms with Crippen LogP contribution >= 0.6 is 0 Å². The summed E-state index contributed by atoms with van der Waals surface area (Å²) in [7, 11) is 0. The number of hydrogen-bond acceptors (Lipinski definition) is 5. The minimum atomic E-state index is -0.143. The number of aryl methyl sites for hydroxylation is 1. The lowest BCUT2D eigenvalue weighted by molar-refractivity contribution is -0.132. The molecule has 2 aliphatic heterocycles. The van der Waals surface area contributed by atoms with E-state index >= 15 is 0 Å². The summed E-state index contributed by atoms with van der Waals surface area (Å²) in [6.45, 7) is 4.25. The molecule has 1 aromatic rings. The molecule has 160 valence electrons.